The normalized spacial score (nSPS) is 19.7. The van der Waals surface area contributed by atoms with Crippen molar-refractivity contribution in [3.05, 3.63) is 71.3 Å². The van der Waals surface area contributed by atoms with Crippen LogP contribution in [0.15, 0.2) is 70.6 Å². The molecule has 1 saturated heterocycles. The number of rotatable bonds is 11. The number of sulfonamides is 1. The summed E-state index contributed by atoms with van der Waals surface area (Å²) in [7, 11) is -2.38. The van der Waals surface area contributed by atoms with Gasteiger partial charge in [-0.2, -0.15) is 4.31 Å². The number of carbonyl (C=O) groups is 1. The third-order valence-corrected chi connectivity index (χ3v) is 10.1. The Bertz CT molecular complexity index is 1470. The molecule has 2 aliphatic heterocycles. The minimum atomic E-state index is -3.89. The van der Waals surface area contributed by atoms with E-state index in [2.05, 4.69) is 17.5 Å². The number of ether oxygens (including phenoxy) is 4. The lowest BCUT2D eigenvalue weighted by Gasteiger charge is -2.33. The highest BCUT2D eigenvalue weighted by Crippen LogP contribution is 2.38. The van der Waals surface area contributed by atoms with Crippen molar-refractivity contribution in [1.82, 2.24) is 9.21 Å². The number of amides is 1. The van der Waals surface area contributed by atoms with Gasteiger partial charge in [-0.25, -0.2) is 8.42 Å². The molecule has 0 radical (unpaired) electrons. The van der Waals surface area contributed by atoms with E-state index in [9.17, 15) is 18.3 Å². The maximum atomic E-state index is 13.4. The maximum Gasteiger partial charge on any atom is 0.288 e. The van der Waals surface area contributed by atoms with Gasteiger partial charge in [-0.1, -0.05) is 18.2 Å². The molecule has 0 bridgehead atoms. The molecule has 2 aromatic carbocycles. The van der Waals surface area contributed by atoms with E-state index in [-0.39, 0.29) is 48.8 Å². The van der Waals surface area contributed by atoms with Crippen molar-refractivity contribution in [1.29, 1.82) is 0 Å². The predicted octanol–water partition coefficient (Wildman–Crippen LogP) is 3.18. The van der Waals surface area contributed by atoms with E-state index in [1.807, 2.05) is 18.2 Å². The minimum absolute atomic E-state index is 0.00269. The van der Waals surface area contributed by atoms with Crippen LogP contribution >= 0.6 is 11.3 Å². The Balaban J connectivity index is 1.32. The first-order chi connectivity index (χ1) is 19.9. The van der Waals surface area contributed by atoms with Gasteiger partial charge in [-0.3, -0.25) is 4.79 Å². The fourth-order valence-electron chi connectivity index (χ4n) is 4.98. The van der Waals surface area contributed by atoms with Crippen LogP contribution in [-0.2, 0) is 29.0 Å². The van der Waals surface area contributed by atoms with Crippen LogP contribution in [0.25, 0.3) is 10.1 Å². The van der Waals surface area contributed by atoms with Crippen LogP contribution in [0.2, 0.25) is 0 Å². The summed E-state index contributed by atoms with van der Waals surface area (Å²) in [4.78, 5) is 15.2. The lowest BCUT2D eigenvalue weighted by Crippen LogP contribution is -2.43. The summed E-state index contributed by atoms with van der Waals surface area (Å²) in [5.41, 5.74) is 1.10. The van der Waals surface area contributed by atoms with E-state index in [4.69, 9.17) is 18.9 Å². The third-order valence-electron chi connectivity index (χ3n) is 7.17. The Morgan fingerprint density at radius 3 is 2.61 bits per heavy atom. The molecule has 1 aromatic heterocycles. The maximum absolute atomic E-state index is 13.4. The zero-order valence-corrected chi connectivity index (χ0v) is 24.4. The van der Waals surface area contributed by atoms with Crippen LogP contribution in [0, 0.1) is 0 Å². The quantitative estimate of drug-likeness (QED) is 0.356. The van der Waals surface area contributed by atoms with Crippen LogP contribution in [0.1, 0.15) is 17.9 Å². The average molecular weight is 603 g/mol. The summed E-state index contributed by atoms with van der Waals surface area (Å²) in [6, 6.07) is 14.2. The summed E-state index contributed by atoms with van der Waals surface area (Å²) < 4.78 is 51.5. The van der Waals surface area contributed by atoms with Crippen LogP contribution < -0.4 is 4.74 Å². The van der Waals surface area contributed by atoms with Gasteiger partial charge >= 0.3 is 0 Å². The van der Waals surface area contributed by atoms with Gasteiger partial charge in [0.05, 0.1) is 38.4 Å². The molecule has 0 spiro atoms. The molecular formula is C29H34N2O8S2. The monoisotopic (exact) mass is 602 g/mol. The van der Waals surface area contributed by atoms with Gasteiger partial charge in [0.2, 0.25) is 16.3 Å². The number of aliphatic hydroxyl groups excluding tert-OH is 1. The molecule has 220 valence electrons. The van der Waals surface area contributed by atoms with Crippen molar-refractivity contribution >= 4 is 37.4 Å². The van der Waals surface area contributed by atoms with E-state index in [1.165, 1.54) is 23.5 Å². The van der Waals surface area contributed by atoms with E-state index < -0.39 is 16.3 Å². The first kappa shape index (κ1) is 29.5. The number of carbonyl (C=O) groups excluding carboxylic acids is 1. The van der Waals surface area contributed by atoms with Crippen LogP contribution in [0.4, 0.5) is 0 Å². The van der Waals surface area contributed by atoms with Gasteiger partial charge in [-0.05, 0) is 52.7 Å². The van der Waals surface area contributed by atoms with Gasteiger partial charge in [0.1, 0.15) is 5.75 Å². The van der Waals surface area contributed by atoms with Crippen LogP contribution in [0.3, 0.4) is 0 Å². The molecule has 0 unspecified atom stereocenters. The zero-order valence-electron chi connectivity index (χ0n) is 22.8. The molecule has 1 fully saturated rings. The highest BCUT2D eigenvalue weighted by Gasteiger charge is 2.33. The molecule has 3 heterocycles. The van der Waals surface area contributed by atoms with E-state index >= 15 is 0 Å². The Hall–Kier alpha value is -3.00. The van der Waals surface area contributed by atoms with Gasteiger partial charge in [0.15, 0.2) is 5.76 Å². The smallest absolute Gasteiger partial charge is 0.288 e. The average Bonchev–Trinajstić information content (AvgIpc) is 3.45. The summed E-state index contributed by atoms with van der Waals surface area (Å²) >= 11 is 1.65. The third kappa shape index (κ3) is 6.74. The molecule has 0 aliphatic carbocycles. The molecule has 5 rings (SSSR count). The predicted molar refractivity (Wildman–Crippen MR) is 154 cm³/mol. The van der Waals surface area contributed by atoms with Crippen molar-refractivity contribution < 1.29 is 37.3 Å². The van der Waals surface area contributed by atoms with Crippen molar-refractivity contribution in [2.24, 2.45) is 0 Å². The largest absolute Gasteiger partial charge is 0.497 e. The fraction of sp³-hybridized carbons (Fsp3) is 0.414. The molecule has 0 saturated carbocycles. The van der Waals surface area contributed by atoms with E-state index in [1.54, 1.807) is 28.4 Å². The molecule has 2 aliphatic rings. The van der Waals surface area contributed by atoms with Crippen molar-refractivity contribution in [3.8, 4) is 5.75 Å². The first-order valence-electron chi connectivity index (χ1n) is 13.5. The number of allylic oxidation sites excluding steroid dienone is 1. The van der Waals surface area contributed by atoms with E-state index in [0.717, 1.165) is 15.6 Å². The Morgan fingerprint density at radius 1 is 1.12 bits per heavy atom. The molecule has 41 heavy (non-hydrogen) atoms. The van der Waals surface area contributed by atoms with Gasteiger partial charge in [-0.15, -0.1) is 11.3 Å². The Kier molecular flexibility index (Phi) is 9.58. The number of hydrogen-bond donors (Lipinski definition) is 1. The van der Waals surface area contributed by atoms with Crippen molar-refractivity contribution in [2.45, 2.75) is 23.5 Å². The number of morpholine rings is 1. The lowest BCUT2D eigenvalue weighted by atomic mass is 9.92. The second-order valence-electron chi connectivity index (χ2n) is 9.69. The highest BCUT2D eigenvalue weighted by molar-refractivity contribution is 7.89. The lowest BCUT2D eigenvalue weighted by molar-refractivity contribution is -0.155. The summed E-state index contributed by atoms with van der Waals surface area (Å²) in [6.45, 7) is 1.49. The summed E-state index contributed by atoms with van der Waals surface area (Å²) in [5.74, 6) is 0.428. The second kappa shape index (κ2) is 13.3. The van der Waals surface area contributed by atoms with Gasteiger partial charge < -0.3 is 29.0 Å². The highest BCUT2D eigenvalue weighted by atomic mass is 32.2. The van der Waals surface area contributed by atoms with Crippen molar-refractivity contribution in [2.75, 3.05) is 59.7 Å². The molecule has 10 nitrogen and oxygen atoms in total. The molecule has 3 aromatic rings. The number of thiophene rings is 1. The fourth-order valence-corrected chi connectivity index (χ4v) is 7.42. The van der Waals surface area contributed by atoms with Crippen LogP contribution in [0.5, 0.6) is 5.75 Å². The zero-order chi connectivity index (χ0) is 28.8. The Labute approximate surface area is 243 Å². The number of fused-ring (bicyclic) bond motifs is 1. The molecule has 2 atom stereocenters. The molecule has 12 heteroatoms. The van der Waals surface area contributed by atoms with Gasteiger partial charge in [0, 0.05) is 43.2 Å². The Morgan fingerprint density at radius 2 is 1.88 bits per heavy atom. The second-order valence-corrected chi connectivity index (χ2v) is 12.5. The molecule has 1 N–H and O–H groups in total. The SMILES string of the molecule is COc1ccc(S(=O)(=O)N(CCO)CCO[C@H]2C[C@@H](c3csc4ccccc34)C=C(C(=O)N3CCOCC3)O2)cc1. The van der Waals surface area contributed by atoms with E-state index in [0.29, 0.717) is 38.5 Å². The molecular weight excluding hydrogens is 568 g/mol. The number of methoxy groups -OCH3 is 1. The van der Waals surface area contributed by atoms with Crippen molar-refractivity contribution in [3.63, 3.8) is 0 Å². The number of benzene rings is 2. The van der Waals surface area contributed by atoms with Gasteiger partial charge in [0.25, 0.3) is 5.91 Å². The number of aliphatic hydroxyl groups is 1. The van der Waals surface area contributed by atoms with Crippen LogP contribution in [-0.4, -0.2) is 94.6 Å². The summed E-state index contributed by atoms with van der Waals surface area (Å²) in [5, 5.41) is 12.8. The standard InChI is InChI=1S/C29H34N2O8S2/c1-36-22-6-8-23(9-7-22)41(34,35)31(10-14-32)13-17-38-28-19-21(25-20-40-27-5-3-2-4-24(25)27)18-26(39-28)29(33)30-11-15-37-16-12-30/h2-9,18,20-21,28,32H,10-17,19H2,1H3/t21-,28+/m0/s1. The minimum Gasteiger partial charge on any atom is -0.497 e. The first-order valence-corrected chi connectivity index (χ1v) is 15.8. The number of hydrogen-bond acceptors (Lipinski definition) is 9. The number of nitrogens with zero attached hydrogens (tertiary/aromatic N) is 2. The molecule has 1 amide bonds. The summed E-state index contributed by atoms with van der Waals surface area (Å²) in [6.07, 6.45) is 1.58. The topological polar surface area (TPSA) is 115 Å².